The molecule has 0 atom stereocenters. The van der Waals surface area contributed by atoms with Gasteiger partial charge in [0.1, 0.15) is 12.4 Å². The van der Waals surface area contributed by atoms with E-state index in [-0.39, 0.29) is 11.3 Å². The molecule has 0 heterocycles. The molecule has 0 fully saturated rings. The predicted octanol–water partition coefficient (Wildman–Crippen LogP) is 5.50. The van der Waals surface area contributed by atoms with Gasteiger partial charge in [-0.05, 0) is 68.8 Å². The number of nitrogens with zero attached hydrogens (tertiary/aromatic N) is 1. The minimum atomic E-state index is -0.499. The molecule has 0 radical (unpaired) electrons. The first-order valence-corrected chi connectivity index (χ1v) is 11.2. The molecule has 0 bridgehead atoms. The number of amides is 1. The van der Waals surface area contributed by atoms with Crippen LogP contribution in [0.1, 0.15) is 21.5 Å². The number of carbonyl (C=O) groups excluding carboxylic acids is 1. The molecule has 0 aliphatic heterocycles. The van der Waals surface area contributed by atoms with Gasteiger partial charge in [0.15, 0.2) is 11.5 Å². The molecule has 2 N–H and O–H groups in total. The molecule has 6 nitrogen and oxygen atoms in total. The summed E-state index contributed by atoms with van der Waals surface area (Å²) in [5, 5.41) is 16.1. The summed E-state index contributed by atoms with van der Waals surface area (Å²) in [6.45, 7) is 0.401. The van der Waals surface area contributed by atoms with Crippen LogP contribution in [0.3, 0.4) is 0 Å². The average Bonchev–Trinajstić information content (AvgIpc) is 2.83. The number of para-hydroxylation sites is 1. The van der Waals surface area contributed by atoms with Gasteiger partial charge in [0.2, 0.25) is 0 Å². The zero-order chi connectivity index (χ0) is 23.2. The molecular formula is C26H21IN2O4. The molecule has 4 aromatic carbocycles. The number of hydrogen-bond acceptors (Lipinski definition) is 5. The van der Waals surface area contributed by atoms with Gasteiger partial charge in [0.25, 0.3) is 5.91 Å². The summed E-state index contributed by atoms with van der Waals surface area (Å²) in [7, 11) is 1.58. The molecule has 0 aliphatic carbocycles. The Kier molecular flexibility index (Phi) is 7.09. The van der Waals surface area contributed by atoms with Crippen molar-refractivity contribution in [1.82, 2.24) is 5.43 Å². The normalized spacial score (nSPS) is 11.0. The van der Waals surface area contributed by atoms with Gasteiger partial charge >= 0.3 is 0 Å². The lowest BCUT2D eigenvalue weighted by Gasteiger charge is -2.14. The fourth-order valence-electron chi connectivity index (χ4n) is 3.41. The third kappa shape index (κ3) is 5.25. The van der Waals surface area contributed by atoms with E-state index >= 15 is 0 Å². The Bertz CT molecular complexity index is 1330. The van der Waals surface area contributed by atoms with Gasteiger partial charge in [-0.3, -0.25) is 4.79 Å². The first-order chi connectivity index (χ1) is 16.1. The molecule has 0 aromatic heterocycles. The van der Waals surface area contributed by atoms with E-state index in [9.17, 15) is 9.90 Å². The molecular weight excluding hydrogens is 531 g/mol. The molecule has 0 saturated heterocycles. The lowest BCUT2D eigenvalue weighted by Crippen LogP contribution is -2.17. The van der Waals surface area contributed by atoms with Crippen LogP contribution in [-0.4, -0.2) is 24.3 Å². The lowest BCUT2D eigenvalue weighted by atomic mass is 10.1. The first-order valence-electron chi connectivity index (χ1n) is 10.1. The van der Waals surface area contributed by atoms with Gasteiger partial charge in [-0.2, -0.15) is 5.10 Å². The standard InChI is InChI=1S/C26H21IN2O4/c1-32-24-14-17(15-28-29-26(31)21-11-4-5-12-23(21)30)13-22(27)25(24)33-16-19-9-6-8-18-7-2-3-10-20(18)19/h2-15,30H,16H2,1H3,(H,29,31). The fraction of sp³-hybridized carbons (Fsp3) is 0.0769. The Morgan fingerprint density at radius 1 is 1.06 bits per heavy atom. The molecule has 0 aliphatic rings. The maximum atomic E-state index is 12.2. The Hall–Kier alpha value is -3.59. The highest BCUT2D eigenvalue weighted by molar-refractivity contribution is 14.1. The largest absolute Gasteiger partial charge is 0.507 e. The number of phenolic OH excluding ortho intramolecular Hbond substituents is 1. The highest BCUT2D eigenvalue weighted by Gasteiger charge is 2.13. The van der Waals surface area contributed by atoms with E-state index in [1.54, 1.807) is 25.3 Å². The van der Waals surface area contributed by atoms with Crippen LogP contribution in [0.4, 0.5) is 0 Å². The Morgan fingerprint density at radius 3 is 2.64 bits per heavy atom. The molecule has 33 heavy (non-hydrogen) atoms. The molecule has 0 saturated carbocycles. The highest BCUT2D eigenvalue weighted by Crippen LogP contribution is 2.34. The van der Waals surface area contributed by atoms with Crippen LogP contribution in [0.25, 0.3) is 10.8 Å². The zero-order valence-corrected chi connectivity index (χ0v) is 19.9. The van der Waals surface area contributed by atoms with Gasteiger partial charge in [0.05, 0.1) is 22.5 Å². The summed E-state index contributed by atoms with van der Waals surface area (Å²) >= 11 is 2.19. The molecule has 1 amide bonds. The van der Waals surface area contributed by atoms with Crippen LogP contribution in [0.15, 0.2) is 84.0 Å². The highest BCUT2D eigenvalue weighted by atomic mass is 127. The molecule has 7 heteroatoms. The predicted molar refractivity (Wildman–Crippen MR) is 137 cm³/mol. The summed E-state index contributed by atoms with van der Waals surface area (Å²) in [6, 6.07) is 24.3. The summed E-state index contributed by atoms with van der Waals surface area (Å²) in [5.74, 6) is 0.604. The first kappa shape index (κ1) is 22.6. The van der Waals surface area contributed by atoms with Crippen LogP contribution in [-0.2, 0) is 6.61 Å². The van der Waals surface area contributed by atoms with E-state index in [0.717, 1.165) is 25.5 Å². The second-order valence-corrected chi connectivity index (χ2v) is 8.34. The molecule has 0 spiro atoms. The average molecular weight is 552 g/mol. The Labute approximate surface area is 205 Å². The molecule has 166 valence electrons. The maximum Gasteiger partial charge on any atom is 0.275 e. The second kappa shape index (κ2) is 10.4. The number of hydrogen-bond donors (Lipinski definition) is 2. The zero-order valence-electron chi connectivity index (χ0n) is 17.8. The topological polar surface area (TPSA) is 80.2 Å². The van der Waals surface area contributed by atoms with E-state index in [0.29, 0.717) is 18.1 Å². The Morgan fingerprint density at radius 2 is 1.82 bits per heavy atom. The van der Waals surface area contributed by atoms with Gasteiger partial charge in [0, 0.05) is 0 Å². The van der Waals surface area contributed by atoms with Crippen molar-refractivity contribution < 1.29 is 19.4 Å². The minimum Gasteiger partial charge on any atom is -0.507 e. The van der Waals surface area contributed by atoms with Crippen LogP contribution in [0.5, 0.6) is 17.2 Å². The van der Waals surface area contributed by atoms with Crippen molar-refractivity contribution in [2.24, 2.45) is 5.10 Å². The number of carbonyl (C=O) groups is 1. The lowest BCUT2D eigenvalue weighted by molar-refractivity contribution is 0.0952. The van der Waals surface area contributed by atoms with Crippen LogP contribution < -0.4 is 14.9 Å². The van der Waals surface area contributed by atoms with Crippen molar-refractivity contribution >= 4 is 45.5 Å². The fourth-order valence-corrected chi connectivity index (χ4v) is 4.20. The summed E-state index contributed by atoms with van der Waals surface area (Å²) in [5.41, 5.74) is 4.39. The van der Waals surface area contributed by atoms with Crippen molar-refractivity contribution in [3.05, 3.63) is 99.1 Å². The number of rotatable bonds is 7. The molecule has 4 rings (SSSR count). The van der Waals surface area contributed by atoms with Crippen molar-refractivity contribution in [1.29, 1.82) is 0 Å². The minimum absolute atomic E-state index is 0.103. The number of hydrazone groups is 1. The van der Waals surface area contributed by atoms with E-state index in [1.807, 2.05) is 24.3 Å². The maximum absolute atomic E-state index is 12.2. The number of nitrogens with one attached hydrogen (secondary N) is 1. The number of ether oxygens (including phenoxy) is 2. The van der Waals surface area contributed by atoms with Crippen LogP contribution in [0, 0.1) is 3.57 Å². The van der Waals surface area contributed by atoms with E-state index in [1.165, 1.54) is 18.3 Å². The van der Waals surface area contributed by atoms with Gasteiger partial charge < -0.3 is 14.6 Å². The number of phenols is 1. The number of methoxy groups -OCH3 is 1. The van der Waals surface area contributed by atoms with Crippen LogP contribution in [0.2, 0.25) is 0 Å². The molecule has 0 unspecified atom stereocenters. The van der Waals surface area contributed by atoms with E-state index in [4.69, 9.17) is 9.47 Å². The van der Waals surface area contributed by atoms with Crippen molar-refractivity contribution in [3.8, 4) is 17.2 Å². The van der Waals surface area contributed by atoms with E-state index in [2.05, 4.69) is 57.4 Å². The molecule has 4 aromatic rings. The number of aromatic hydroxyl groups is 1. The summed E-state index contributed by atoms with van der Waals surface area (Å²) in [6.07, 6.45) is 1.51. The van der Waals surface area contributed by atoms with E-state index < -0.39 is 5.91 Å². The number of fused-ring (bicyclic) bond motifs is 1. The van der Waals surface area contributed by atoms with Gasteiger partial charge in [-0.25, -0.2) is 5.43 Å². The Balaban J connectivity index is 1.49. The van der Waals surface area contributed by atoms with Gasteiger partial charge in [-0.1, -0.05) is 54.6 Å². The third-order valence-corrected chi connectivity index (χ3v) is 5.83. The second-order valence-electron chi connectivity index (χ2n) is 7.18. The van der Waals surface area contributed by atoms with Crippen LogP contribution >= 0.6 is 22.6 Å². The van der Waals surface area contributed by atoms with Crippen molar-refractivity contribution in [3.63, 3.8) is 0 Å². The van der Waals surface area contributed by atoms with Crippen molar-refractivity contribution in [2.75, 3.05) is 7.11 Å². The number of halogens is 1. The number of benzene rings is 4. The smallest absolute Gasteiger partial charge is 0.275 e. The third-order valence-electron chi connectivity index (χ3n) is 5.03. The monoisotopic (exact) mass is 552 g/mol. The SMILES string of the molecule is COc1cc(C=NNC(=O)c2ccccc2O)cc(I)c1OCc1cccc2ccccc12. The summed E-state index contributed by atoms with van der Waals surface area (Å²) in [4.78, 5) is 12.2. The van der Waals surface area contributed by atoms with Crippen molar-refractivity contribution in [2.45, 2.75) is 6.61 Å². The quantitative estimate of drug-likeness (QED) is 0.180. The summed E-state index contributed by atoms with van der Waals surface area (Å²) < 4.78 is 12.5. The van der Waals surface area contributed by atoms with Gasteiger partial charge in [-0.15, -0.1) is 0 Å².